The van der Waals surface area contributed by atoms with Crippen LogP contribution in [0.25, 0.3) is 77.2 Å². The highest BCUT2D eigenvalue weighted by Gasteiger charge is 2.54. The van der Waals surface area contributed by atoms with E-state index >= 15 is 0 Å². The van der Waals surface area contributed by atoms with Crippen LogP contribution < -0.4 is 4.90 Å². The molecule has 0 aromatic heterocycles. The lowest BCUT2D eigenvalue weighted by molar-refractivity contribution is 0.793. The van der Waals surface area contributed by atoms with Gasteiger partial charge in [-0.3, -0.25) is 0 Å². The number of nitrogens with zero attached hydrogens (tertiary/aromatic N) is 1. The molecule has 0 amide bonds. The van der Waals surface area contributed by atoms with Gasteiger partial charge >= 0.3 is 0 Å². The van der Waals surface area contributed by atoms with Crippen LogP contribution in [0.1, 0.15) is 44.5 Å². The summed E-state index contributed by atoms with van der Waals surface area (Å²) in [6, 6.07) is 98.7. The van der Waals surface area contributed by atoms with Crippen molar-refractivity contribution < 1.29 is 0 Å². The van der Waals surface area contributed by atoms with Crippen molar-refractivity contribution in [2.75, 3.05) is 4.90 Å². The first kappa shape index (κ1) is 38.9. The molecule has 328 valence electrons. The number of hydrogen-bond donors (Lipinski definition) is 0. The SMILES string of the molecule is c1ccc(-c2ccc(N(c3ccc4c(c3)C3(c5ccccc5-c5ccccc53)c3ccc5ccccc5c3-4)c3cc4c(c5ccccc35)-c3ccccc3C43c4ccccc4-c4ccccc43)cc2)cc1. The minimum absolute atomic E-state index is 0.511. The van der Waals surface area contributed by atoms with Crippen LogP contribution in [0, 0.1) is 0 Å². The van der Waals surface area contributed by atoms with Crippen LogP contribution >= 0.6 is 0 Å². The molecule has 0 bridgehead atoms. The second kappa shape index (κ2) is 14.3. The van der Waals surface area contributed by atoms with Crippen LogP contribution in [0.5, 0.6) is 0 Å². The zero-order valence-electron chi connectivity index (χ0n) is 38.8. The van der Waals surface area contributed by atoms with E-state index < -0.39 is 10.8 Å². The van der Waals surface area contributed by atoms with Gasteiger partial charge in [-0.1, -0.05) is 231 Å². The van der Waals surface area contributed by atoms with Gasteiger partial charge in [0.1, 0.15) is 0 Å². The standard InChI is InChI=1S/C70H43N/c1-2-18-44(19-3-1)45-34-37-47(38-35-45)71(48-39-40-57-64(42-48)70(63-41-36-46-20-4-5-21-49(46)67(57)63)60-31-15-10-24-52(60)53-25-11-16-32-61(53)70)66-43-65-68(55-27-7-6-26-54(55)66)56-28-12-17-33-62(56)69(65)58-29-13-8-22-50(58)51-23-9-14-30-59(51)69/h1-43H. The number of rotatable bonds is 4. The van der Waals surface area contributed by atoms with Gasteiger partial charge in [-0.15, -0.1) is 0 Å². The summed E-state index contributed by atoms with van der Waals surface area (Å²) in [7, 11) is 0. The van der Waals surface area contributed by atoms with E-state index in [2.05, 4.69) is 266 Å². The van der Waals surface area contributed by atoms with Crippen LogP contribution in [0.3, 0.4) is 0 Å². The first-order valence-corrected chi connectivity index (χ1v) is 24.9. The van der Waals surface area contributed by atoms with Gasteiger partial charge in [-0.05, 0) is 147 Å². The summed E-state index contributed by atoms with van der Waals surface area (Å²) in [5.74, 6) is 0. The summed E-state index contributed by atoms with van der Waals surface area (Å²) >= 11 is 0. The van der Waals surface area contributed by atoms with Gasteiger partial charge in [-0.25, -0.2) is 0 Å². The fraction of sp³-hybridized carbons (Fsp3) is 0.0286. The maximum Gasteiger partial charge on any atom is 0.0726 e. The van der Waals surface area contributed by atoms with Crippen molar-refractivity contribution in [3.63, 3.8) is 0 Å². The quantitative estimate of drug-likeness (QED) is 0.170. The molecule has 0 heterocycles. The van der Waals surface area contributed by atoms with Crippen molar-refractivity contribution in [2.24, 2.45) is 0 Å². The lowest BCUT2D eigenvalue weighted by Crippen LogP contribution is -2.26. The topological polar surface area (TPSA) is 3.24 Å². The average Bonchev–Trinajstić information content (AvgIpc) is 4.13. The molecule has 0 saturated heterocycles. The van der Waals surface area contributed by atoms with E-state index in [1.807, 2.05) is 0 Å². The largest absolute Gasteiger partial charge is 0.310 e. The lowest BCUT2D eigenvalue weighted by atomic mass is 9.70. The van der Waals surface area contributed by atoms with Gasteiger partial charge in [0.15, 0.2) is 0 Å². The van der Waals surface area contributed by atoms with Crippen molar-refractivity contribution in [1.82, 2.24) is 0 Å². The molecule has 4 aliphatic carbocycles. The van der Waals surface area contributed by atoms with Gasteiger partial charge in [-0.2, -0.15) is 0 Å². The highest BCUT2D eigenvalue weighted by Crippen LogP contribution is 2.67. The first-order valence-electron chi connectivity index (χ1n) is 24.9. The molecule has 4 aliphatic rings. The minimum Gasteiger partial charge on any atom is -0.310 e. The predicted molar refractivity (Wildman–Crippen MR) is 294 cm³/mol. The Kier molecular flexibility index (Phi) is 7.81. The van der Waals surface area contributed by atoms with Crippen LogP contribution in [0.4, 0.5) is 17.1 Å². The first-order chi connectivity index (χ1) is 35.2. The van der Waals surface area contributed by atoms with E-state index in [1.165, 1.54) is 122 Å². The molecule has 0 aliphatic heterocycles. The molecule has 0 radical (unpaired) electrons. The Morgan fingerprint density at radius 2 is 0.676 bits per heavy atom. The van der Waals surface area contributed by atoms with E-state index in [9.17, 15) is 0 Å². The Morgan fingerprint density at radius 1 is 0.239 bits per heavy atom. The van der Waals surface area contributed by atoms with Crippen molar-refractivity contribution in [3.05, 3.63) is 305 Å². The molecule has 2 spiro atoms. The molecule has 0 saturated carbocycles. The maximum atomic E-state index is 2.58. The summed E-state index contributed by atoms with van der Waals surface area (Å²) in [5.41, 5.74) is 25.9. The Balaban J connectivity index is 1.02. The van der Waals surface area contributed by atoms with Crippen molar-refractivity contribution >= 4 is 38.6 Å². The van der Waals surface area contributed by atoms with Crippen molar-refractivity contribution in [2.45, 2.75) is 10.8 Å². The highest BCUT2D eigenvalue weighted by molar-refractivity contribution is 6.13. The Morgan fingerprint density at radius 3 is 1.30 bits per heavy atom. The molecule has 0 fully saturated rings. The summed E-state index contributed by atoms with van der Waals surface area (Å²) in [6.07, 6.45) is 0. The van der Waals surface area contributed by atoms with E-state index in [4.69, 9.17) is 0 Å². The van der Waals surface area contributed by atoms with E-state index in [0.29, 0.717) is 0 Å². The predicted octanol–water partition coefficient (Wildman–Crippen LogP) is 17.8. The molecular weight excluding hydrogens is 855 g/mol. The number of anilines is 3. The molecule has 0 atom stereocenters. The summed E-state index contributed by atoms with van der Waals surface area (Å²) in [4.78, 5) is 2.57. The third kappa shape index (κ3) is 4.90. The molecule has 0 N–H and O–H groups in total. The summed E-state index contributed by atoms with van der Waals surface area (Å²) < 4.78 is 0. The van der Waals surface area contributed by atoms with Crippen LogP contribution in [0.15, 0.2) is 261 Å². The lowest BCUT2D eigenvalue weighted by Gasteiger charge is -2.34. The Labute approximate surface area is 413 Å². The van der Waals surface area contributed by atoms with Crippen LogP contribution in [-0.2, 0) is 10.8 Å². The van der Waals surface area contributed by atoms with Gasteiger partial charge in [0.05, 0.1) is 16.5 Å². The van der Waals surface area contributed by atoms with Crippen LogP contribution in [-0.4, -0.2) is 0 Å². The van der Waals surface area contributed by atoms with E-state index in [0.717, 1.165) is 17.1 Å². The zero-order valence-corrected chi connectivity index (χ0v) is 38.8. The van der Waals surface area contributed by atoms with Crippen LogP contribution in [0.2, 0.25) is 0 Å². The van der Waals surface area contributed by atoms with E-state index in [-0.39, 0.29) is 0 Å². The number of hydrogen-bond acceptors (Lipinski definition) is 1. The Hall–Kier alpha value is -9.04. The third-order valence-electron chi connectivity index (χ3n) is 16.7. The highest BCUT2D eigenvalue weighted by atomic mass is 15.1. The van der Waals surface area contributed by atoms with Gasteiger partial charge in [0.25, 0.3) is 0 Å². The third-order valence-corrected chi connectivity index (χ3v) is 16.7. The maximum absolute atomic E-state index is 2.58. The fourth-order valence-corrected chi connectivity index (χ4v) is 14.0. The van der Waals surface area contributed by atoms with Gasteiger partial charge in [0.2, 0.25) is 0 Å². The molecule has 12 aromatic rings. The second-order valence-electron chi connectivity index (χ2n) is 19.8. The monoisotopic (exact) mass is 897 g/mol. The number of fused-ring (bicyclic) bond motifs is 24. The molecule has 71 heavy (non-hydrogen) atoms. The summed E-state index contributed by atoms with van der Waals surface area (Å²) in [6.45, 7) is 0. The van der Waals surface area contributed by atoms with E-state index in [1.54, 1.807) is 0 Å². The van der Waals surface area contributed by atoms with Gasteiger partial charge in [0, 0.05) is 16.8 Å². The summed E-state index contributed by atoms with van der Waals surface area (Å²) in [5, 5.41) is 5.02. The second-order valence-corrected chi connectivity index (χ2v) is 19.8. The molecular formula is C70H43N. The molecule has 12 aromatic carbocycles. The number of benzene rings is 12. The average molecular weight is 898 g/mol. The Bertz CT molecular complexity index is 4140. The smallest absolute Gasteiger partial charge is 0.0726 e. The minimum atomic E-state index is -0.524. The van der Waals surface area contributed by atoms with Crippen molar-refractivity contribution in [1.29, 1.82) is 0 Å². The molecule has 0 unspecified atom stereocenters. The zero-order chi connectivity index (χ0) is 46.4. The van der Waals surface area contributed by atoms with Gasteiger partial charge < -0.3 is 4.90 Å². The molecule has 16 rings (SSSR count). The molecule has 1 nitrogen and oxygen atoms in total. The fourth-order valence-electron chi connectivity index (χ4n) is 14.0. The normalized spacial score (nSPS) is 14.1. The molecule has 1 heteroatoms. The van der Waals surface area contributed by atoms with Crippen molar-refractivity contribution in [3.8, 4) is 55.6 Å².